The Balaban J connectivity index is 1.49. The number of aromatic nitrogens is 1. The topological polar surface area (TPSA) is 83.4 Å². The van der Waals surface area contributed by atoms with E-state index in [0.717, 1.165) is 16.5 Å². The highest BCUT2D eigenvalue weighted by Gasteiger charge is 2.34. The number of carbonyl (C=O) groups excluding carboxylic acids is 3. The Morgan fingerprint density at radius 3 is 2.42 bits per heavy atom. The molecule has 0 bridgehead atoms. The third-order valence-corrected chi connectivity index (χ3v) is 6.17. The summed E-state index contributed by atoms with van der Waals surface area (Å²) in [6.45, 7) is 2.02. The van der Waals surface area contributed by atoms with E-state index in [1.54, 1.807) is 29.0 Å². The second kappa shape index (κ2) is 9.59. The highest BCUT2D eigenvalue weighted by Crippen LogP contribution is 2.27. The molecule has 4 aromatic rings. The van der Waals surface area contributed by atoms with E-state index in [2.05, 4.69) is 10.6 Å². The first kappa shape index (κ1) is 23.2. The van der Waals surface area contributed by atoms with E-state index in [4.69, 9.17) is 12.2 Å². The summed E-state index contributed by atoms with van der Waals surface area (Å²) in [5.41, 5.74) is 3.73. The number of hydrogen-bond donors (Lipinski definition) is 2. The molecule has 2 heterocycles. The number of anilines is 2. The van der Waals surface area contributed by atoms with Crippen LogP contribution >= 0.6 is 12.2 Å². The first-order valence-corrected chi connectivity index (χ1v) is 11.7. The van der Waals surface area contributed by atoms with Crippen LogP contribution in [0.15, 0.2) is 90.6 Å². The molecule has 0 spiro atoms. The third kappa shape index (κ3) is 4.54. The van der Waals surface area contributed by atoms with Gasteiger partial charge in [0.05, 0.1) is 5.69 Å². The lowest BCUT2D eigenvalue weighted by molar-refractivity contribution is -0.122. The van der Waals surface area contributed by atoms with Gasteiger partial charge in [-0.15, -0.1) is 0 Å². The molecule has 3 amide bonds. The summed E-state index contributed by atoms with van der Waals surface area (Å²) < 4.78 is 1.80. The van der Waals surface area contributed by atoms with Gasteiger partial charge in [0, 0.05) is 28.4 Å². The average molecular weight is 495 g/mol. The normalized spacial score (nSPS) is 14.9. The third-order valence-electron chi connectivity index (χ3n) is 5.88. The second-order valence-electron chi connectivity index (χ2n) is 8.44. The van der Waals surface area contributed by atoms with E-state index in [-0.39, 0.29) is 23.1 Å². The number of fused-ring (bicyclic) bond motifs is 1. The molecule has 0 radical (unpaired) electrons. The molecule has 0 unspecified atom stereocenters. The van der Waals surface area contributed by atoms with Crippen LogP contribution in [0.2, 0.25) is 0 Å². The number of benzene rings is 3. The molecule has 0 atom stereocenters. The second-order valence-corrected chi connectivity index (χ2v) is 8.82. The number of aryl methyl sites for hydroxylation is 1. The van der Waals surface area contributed by atoms with Crippen molar-refractivity contribution in [3.63, 3.8) is 0 Å². The van der Waals surface area contributed by atoms with Crippen LogP contribution in [0.5, 0.6) is 0 Å². The van der Waals surface area contributed by atoms with Crippen molar-refractivity contribution < 1.29 is 14.4 Å². The number of nitrogens with zero attached hydrogens (tertiary/aromatic N) is 2. The van der Waals surface area contributed by atoms with Crippen molar-refractivity contribution in [2.75, 3.05) is 10.2 Å². The van der Waals surface area contributed by atoms with Crippen LogP contribution in [0.4, 0.5) is 11.4 Å². The molecular weight excluding hydrogens is 472 g/mol. The number of hydrogen-bond acceptors (Lipinski definition) is 4. The molecule has 0 saturated carbocycles. The Morgan fingerprint density at radius 2 is 1.67 bits per heavy atom. The number of nitrogens with one attached hydrogen (secondary N) is 2. The van der Waals surface area contributed by atoms with E-state index in [1.807, 2.05) is 73.7 Å². The van der Waals surface area contributed by atoms with Gasteiger partial charge in [0.25, 0.3) is 11.8 Å². The van der Waals surface area contributed by atoms with Crippen molar-refractivity contribution in [2.24, 2.45) is 0 Å². The molecule has 3 aromatic carbocycles. The zero-order chi connectivity index (χ0) is 25.2. The SMILES string of the molecule is Cc1ccc(N2C(=O)/C(=C\c3cn(CC(=O)Nc4ccccc4)c4ccccc34)C(=O)NC2=S)cc1. The number of para-hydroxylation sites is 2. The predicted molar refractivity (Wildman–Crippen MR) is 144 cm³/mol. The number of rotatable bonds is 5. The lowest BCUT2D eigenvalue weighted by Crippen LogP contribution is -2.54. The Labute approximate surface area is 213 Å². The Hall–Kier alpha value is -4.56. The molecule has 7 nitrogen and oxygen atoms in total. The molecule has 2 N–H and O–H groups in total. The van der Waals surface area contributed by atoms with E-state index < -0.39 is 11.8 Å². The predicted octanol–water partition coefficient (Wildman–Crippen LogP) is 4.42. The minimum Gasteiger partial charge on any atom is -0.337 e. The highest BCUT2D eigenvalue weighted by molar-refractivity contribution is 7.80. The van der Waals surface area contributed by atoms with Crippen LogP contribution in [0.25, 0.3) is 17.0 Å². The van der Waals surface area contributed by atoms with Crippen molar-refractivity contribution in [2.45, 2.75) is 13.5 Å². The lowest BCUT2D eigenvalue weighted by Gasteiger charge is -2.29. The fourth-order valence-electron chi connectivity index (χ4n) is 4.14. The van der Waals surface area contributed by atoms with Gasteiger partial charge >= 0.3 is 0 Å². The zero-order valence-electron chi connectivity index (χ0n) is 19.4. The van der Waals surface area contributed by atoms with Crippen molar-refractivity contribution in [1.82, 2.24) is 9.88 Å². The average Bonchev–Trinajstić information content (AvgIpc) is 3.20. The molecule has 1 fully saturated rings. The van der Waals surface area contributed by atoms with E-state index in [9.17, 15) is 14.4 Å². The summed E-state index contributed by atoms with van der Waals surface area (Å²) in [6, 6.07) is 24.1. The molecule has 5 rings (SSSR count). The standard InChI is InChI=1S/C28H22N4O3S/c1-18-11-13-21(14-12-18)32-27(35)23(26(34)30-28(32)36)15-19-16-31(24-10-6-5-9-22(19)24)17-25(33)29-20-7-3-2-4-8-20/h2-16H,17H2,1H3,(H,29,33)(H,30,34,36)/b23-15-. The van der Waals surface area contributed by atoms with E-state index in [1.165, 1.54) is 4.90 Å². The zero-order valence-corrected chi connectivity index (χ0v) is 20.2. The largest absolute Gasteiger partial charge is 0.337 e. The van der Waals surface area contributed by atoms with Crippen LogP contribution in [0.1, 0.15) is 11.1 Å². The van der Waals surface area contributed by atoms with Gasteiger partial charge in [-0.3, -0.25) is 24.6 Å². The molecule has 36 heavy (non-hydrogen) atoms. The molecule has 1 saturated heterocycles. The van der Waals surface area contributed by atoms with Crippen LogP contribution < -0.4 is 15.5 Å². The summed E-state index contributed by atoms with van der Waals surface area (Å²) >= 11 is 5.29. The number of amides is 3. The smallest absolute Gasteiger partial charge is 0.270 e. The van der Waals surface area contributed by atoms with Crippen molar-refractivity contribution >= 4 is 63.4 Å². The summed E-state index contributed by atoms with van der Waals surface area (Å²) in [5, 5.41) is 6.34. The van der Waals surface area contributed by atoms with Gasteiger partial charge in [0.2, 0.25) is 5.91 Å². The summed E-state index contributed by atoms with van der Waals surface area (Å²) in [4.78, 5) is 40.2. The lowest BCUT2D eigenvalue weighted by atomic mass is 10.1. The maximum atomic E-state index is 13.4. The van der Waals surface area contributed by atoms with Crippen LogP contribution in [-0.4, -0.2) is 27.4 Å². The summed E-state index contributed by atoms with van der Waals surface area (Å²) in [5.74, 6) is -1.26. The molecule has 0 aliphatic carbocycles. The highest BCUT2D eigenvalue weighted by atomic mass is 32.1. The first-order valence-electron chi connectivity index (χ1n) is 11.3. The fraction of sp³-hybridized carbons (Fsp3) is 0.0714. The summed E-state index contributed by atoms with van der Waals surface area (Å²) in [6.07, 6.45) is 3.32. The van der Waals surface area contributed by atoms with Crippen molar-refractivity contribution in [1.29, 1.82) is 0 Å². The molecule has 1 aromatic heterocycles. The minimum atomic E-state index is -0.563. The van der Waals surface area contributed by atoms with Gasteiger partial charge in [-0.1, -0.05) is 54.1 Å². The minimum absolute atomic E-state index is 0.0333. The quantitative estimate of drug-likeness (QED) is 0.244. The van der Waals surface area contributed by atoms with Crippen LogP contribution in [0, 0.1) is 6.92 Å². The van der Waals surface area contributed by atoms with Gasteiger partial charge in [-0.2, -0.15) is 0 Å². The van der Waals surface area contributed by atoms with Crippen LogP contribution in [0.3, 0.4) is 0 Å². The molecule has 178 valence electrons. The molecule has 8 heteroatoms. The molecule has 1 aliphatic heterocycles. The van der Waals surface area contributed by atoms with Gasteiger partial charge < -0.3 is 9.88 Å². The molecular formula is C28H22N4O3S. The molecule has 1 aliphatic rings. The summed E-state index contributed by atoms with van der Waals surface area (Å²) in [7, 11) is 0. The fourth-order valence-corrected chi connectivity index (χ4v) is 4.42. The van der Waals surface area contributed by atoms with Gasteiger partial charge in [0.15, 0.2) is 5.11 Å². The van der Waals surface area contributed by atoms with Crippen LogP contribution in [-0.2, 0) is 20.9 Å². The monoisotopic (exact) mass is 494 g/mol. The maximum absolute atomic E-state index is 13.4. The Morgan fingerprint density at radius 1 is 0.972 bits per heavy atom. The van der Waals surface area contributed by atoms with Gasteiger partial charge in [0.1, 0.15) is 12.1 Å². The Kier molecular flexibility index (Phi) is 6.18. The van der Waals surface area contributed by atoms with Crippen molar-refractivity contribution in [3.05, 3.63) is 102 Å². The van der Waals surface area contributed by atoms with Gasteiger partial charge in [-0.25, -0.2) is 0 Å². The Bertz CT molecular complexity index is 1540. The first-order chi connectivity index (χ1) is 17.4. The number of thiocarbonyl (C=S) groups is 1. The van der Waals surface area contributed by atoms with E-state index >= 15 is 0 Å². The van der Waals surface area contributed by atoms with Crippen molar-refractivity contribution in [3.8, 4) is 0 Å². The van der Waals surface area contributed by atoms with Gasteiger partial charge in [-0.05, 0) is 55.5 Å². The maximum Gasteiger partial charge on any atom is 0.270 e. The van der Waals surface area contributed by atoms with E-state index in [0.29, 0.717) is 16.9 Å². The number of carbonyl (C=O) groups is 3.